The molecular weight excluding hydrogens is 166 g/mol. The highest BCUT2D eigenvalue weighted by Gasteiger charge is 2.00. The van der Waals surface area contributed by atoms with E-state index in [9.17, 15) is 5.11 Å². The lowest BCUT2D eigenvalue weighted by Gasteiger charge is -2.09. The smallest absolute Gasteiger partial charge is 0.157 e. The first-order valence-electron chi connectivity index (χ1n) is 4.12. The number of nitrogens with zero attached hydrogens (tertiary/aromatic N) is 1. The van der Waals surface area contributed by atoms with Crippen molar-refractivity contribution in [3.8, 4) is 11.5 Å². The van der Waals surface area contributed by atoms with E-state index in [0.29, 0.717) is 0 Å². The zero-order chi connectivity index (χ0) is 9.84. The summed E-state index contributed by atoms with van der Waals surface area (Å²) in [5.41, 5.74) is 0.991. The van der Waals surface area contributed by atoms with Gasteiger partial charge in [0.05, 0.1) is 0 Å². The highest BCUT2D eigenvalue weighted by atomic mass is 16.3. The number of aromatic hydroxyl groups is 2. The minimum absolute atomic E-state index is 0.0655. The van der Waals surface area contributed by atoms with Crippen LogP contribution in [-0.4, -0.2) is 28.7 Å². The Kier molecular flexibility index (Phi) is 3.14. The zero-order valence-electron chi connectivity index (χ0n) is 7.70. The molecule has 0 aliphatic rings. The van der Waals surface area contributed by atoms with Crippen molar-refractivity contribution in [1.29, 1.82) is 0 Å². The lowest BCUT2D eigenvalue weighted by Crippen LogP contribution is -2.12. The molecule has 0 saturated carbocycles. The van der Waals surface area contributed by atoms with Crippen LogP contribution in [0.25, 0.3) is 0 Å². The summed E-state index contributed by atoms with van der Waals surface area (Å²) < 4.78 is 0. The first kappa shape index (κ1) is 9.86. The van der Waals surface area contributed by atoms with Gasteiger partial charge in [-0.2, -0.15) is 0 Å². The van der Waals surface area contributed by atoms with Crippen LogP contribution in [0, 0.1) is 7.05 Å². The van der Waals surface area contributed by atoms with Gasteiger partial charge in [0.15, 0.2) is 11.5 Å². The molecule has 0 saturated heterocycles. The normalized spacial score (nSPS) is 10.7. The molecule has 3 nitrogen and oxygen atoms in total. The second kappa shape index (κ2) is 4.14. The van der Waals surface area contributed by atoms with Crippen LogP contribution in [0.1, 0.15) is 5.56 Å². The van der Waals surface area contributed by atoms with Crippen molar-refractivity contribution in [3.05, 3.63) is 30.8 Å². The number of hydrogen-bond acceptors (Lipinski definition) is 3. The molecule has 71 valence electrons. The van der Waals surface area contributed by atoms with Crippen molar-refractivity contribution in [2.45, 2.75) is 6.42 Å². The van der Waals surface area contributed by atoms with Gasteiger partial charge in [0.25, 0.3) is 0 Å². The number of rotatable bonds is 3. The summed E-state index contributed by atoms with van der Waals surface area (Å²) in [7, 11) is 5.60. The van der Waals surface area contributed by atoms with Crippen molar-refractivity contribution in [1.82, 2.24) is 4.90 Å². The van der Waals surface area contributed by atoms with Gasteiger partial charge in [-0.1, -0.05) is 6.07 Å². The number of benzene rings is 1. The van der Waals surface area contributed by atoms with Gasteiger partial charge in [0.2, 0.25) is 0 Å². The molecule has 0 aliphatic carbocycles. The zero-order valence-corrected chi connectivity index (χ0v) is 7.70. The first-order valence-corrected chi connectivity index (χ1v) is 4.12. The summed E-state index contributed by atoms with van der Waals surface area (Å²) in [5, 5.41) is 18.2. The fraction of sp³-hybridized carbons (Fsp3) is 0.300. The summed E-state index contributed by atoms with van der Waals surface area (Å²) >= 11 is 0. The molecule has 0 aliphatic heterocycles. The molecule has 1 rings (SSSR count). The van der Waals surface area contributed by atoms with Crippen molar-refractivity contribution < 1.29 is 10.2 Å². The van der Waals surface area contributed by atoms with E-state index in [-0.39, 0.29) is 11.5 Å². The van der Waals surface area contributed by atoms with Crippen molar-refractivity contribution in [2.75, 3.05) is 13.6 Å². The van der Waals surface area contributed by atoms with Gasteiger partial charge >= 0.3 is 0 Å². The Morgan fingerprint density at radius 1 is 1.31 bits per heavy atom. The minimum Gasteiger partial charge on any atom is -0.504 e. The van der Waals surface area contributed by atoms with Gasteiger partial charge in [-0.25, -0.2) is 0 Å². The molecule has 0 aromatic heterocycles. The maximum atomic E-state index is 9.19. The third-order valence-electron chi connectivity index (χ3n) is 1.82. The van der Waals surface area contributed by atoms with Gasteiger partial charge < -0.3 is 15.1 Å². The Morgan fingerprint density at radius 2 is 2.00 bits per heavy atom. The molecule has 0 unspecified atom stereocenters. The average molecular weight is 180 g/mol. The molecule has 1 aromatic carbocycles. The molecule has 0 fully saturated rings. The first-order chi connectivity index (χ1) is 6.09. The fourth-order valence-corrected chi connectivity index (χ4v) is 1.04. The van der Waals surface area contributed by atoms with Crippen LogP contribution in [0.15, 0.2) is 18.2 Å². The monoisotopic (exact) mass is 180 g/mol. The summed E-state index contributed by atoms with van der Waals surface area (Å²) in [6.07, 6.45) is 0.813. The lowest BCUT2D eigenvalue weighted by molar-refractivity contribution is 0.402. The summed E-state index contributed by atoms with van der Waals surface area (Å²) in [5.74, 6) is -0.143. The van der Waals surface area contributed by atoms with E-state index in [0.717, 1.165) is 18.5 Å². The Hall–Kier alpha value is -1.22. The Morgan fingerprint density at radius 3 is 2.54 bits per heavy atom. The molecule has 0 bridgehead atoms. The lowest BCUT2D eigenvalue weighted by atomic mass is 10.1. The highest BCUT2D eigenvalue weighted by Crippen LogP contribution is 2.24. The molecule has 0 heterocycles. The number of phenols is 2. The predicted molar refractivity (Wildman–Crippen MR) is 51.5 cm³/mol. The maximum Gasteiger partial charge on any atom is 0.157 e. The van der Waals surface area contributed by atoms with Crippen molar-refractivity contribution >= 4 is 0 Å². The van der Waals surface area contributed by atoms with Crippen molar-refractivity contribution in [3.63, 3.8) is 0 Å². The average Bonchev–Trinajstić information content (AvgIpc) is 2.07. The van der Waals surface area contributed by atoms with Crippen molar-refractivity contribution in [2.24, 2.45) is 0 Å². The Labute approximate surface area is 78.2 Å². The fourth-order valence-electron chi connectivity index (χ4n) is 1.04. The molecule has 0 amide bonds. The molecular formula is C10H14NO2. The molecule has 13 heavy (non-hydrogen) atoms. The molecule has 2 N–H and O–H groups in total. The van der Waals surface area contributed by atoms with Crippen LogP contribution in [0.5, 0.6) is 11.5 Å². The highest BCUT2D eigenvalue weighted by molar-refractivity contribution is 5.40. The SMILES string of the molecule is [CH2]N(C)CCc1ccc(O)c(O)c1. The van der Waals surface area contributed by atoms with E-state index in [1.54, 1.807) is 12.1 Å². The number of likely N-dealkylation sites (N-methyl/N-ethyl adjacent to an activating group) is 1. The number of phenolic OH excluding ortho intramolecular Hbond substituents is 2. The largest absolute Gasteiger partial charge is 0.504 e. The second-order valence-electron chi connectivity index (χ2n) is 3.15. The summed E-state index contributed by atoms with van der Waals surface area (Å²) in [6, 6.07) is 4.85. The van der Waals surface area contributed by atoms with E-state index in [1.807, 2.05) is 11.9 Å². The standard InChI is InChI=1S/C10H14NO2/c1-11(2)6-5-8-3-4-9(12)10(13)7-8/h3-4,7,12-13H,1,5-6H2,2H3. The third-order valence-corrected chi connectivity index (χ3v) is 1.82. The maximum absolute atomic E-state index is 9.19. The Bertz CT molecular complexity index is 284. The Balaban J connectivity index is 2.63. The predicted octanol–water partition coefficient (Wildman–Crippen LogP) is 1.36. The molecule has 1 aromatic rings. The summed E-state index contributed by atoms with van der Waals surface area (Å²) in [6.45, 7) is 0.824. The van der Waals surface area contributed by atoms with Crippen LogP contribution >= 0.6 is 0 Å². The van der Waals surface area contributed by atoms with E-state index in [2.05, 4.69) is 7.05 Å². The van der Waals surface area contributed by atoms with Gasteiger partial charge in [-0.05, 0) is 31.2 Å². The van der Waals surface area contributed by atoms with E-state index in [4.69, 9.17) is 5.11 Å². The van der Waals surface area contributed by atoms with Crippen LogP contribution < -0.4 is 0 Å². The van der Waals surface area contributed by atoms with Crippen LogP contribution in [0.2, 0.25) is 0 Å². The van der Waals surface area contributed by atoms with E-state index < -0.39 is 0 Å². The number of hydrogen-bond donors (Lipinski definition) is 2. The van der Waals surface area contributed by atoms with Crippen LogP contribution in [0.4, 0.5) is 0 Å². The van der Waals surface area contributed by atoms with Gasteiger partial charge in [0.1, 0.15) is 0 Å². The molecule has 3 heteroatoms. The third kappa shape index (κ3) is 2.95. The molecule has 0 spiro atoms. The van der Waals surface area contributed by atoms with Crippen LogP contribution in [0.3, 0.4) is 0 Å². The van der Waals surface area contributed by atoms with Gasteiger partial charge in [-0.15, -0.1) is 0 Å². The minimum atomic E-state index is -0.0771. The van der Waals surface area contributed by atoms with Crippen LogP contribution in [-0.2, 0) is 6.42 Å². The topological polar surface area (TPSA) is 43.7 Å². The molecule has 0 atom stereocenters. The second-order valence-corrected chi connectivity index (χ2v) is 3.15. The quantitative estimate of drug-likeness (QED) is 0.690. The molecule has 1 radical (unpaired) electrons. The van der Waals surface area contributed by atoms with E-state index in [1.165, 1.54) is 6.07 Å². The van der Waals surface area contributed by atoms with E-state index >= 15 is 0 Å². The van der Waals surface area contributed by atoms with Gasteiger partial charge in [0, 0.05) is 13.6 Å². The van der Waals surface area contributed by atoms with Gasteiger partial charge in [-0.3, -0.25) is 0 Å². The summed E-state index contributed by atoms with van der Waals surface area (Å²) in [4.78, 5) is 1.82.